The summed E-state index contributed by atoms with van der Waals surface area (Å²) in [6.45, 7) is 0. The molecule has 3 aromatic rings. The third kappa shape index (κ3) is 1.72. The van der Waals surface area contributed by atoms with E-state index in [4.69, 9.17) is 4.74 Å². The molecule has 0 saturated heterocycles. The SMILES string of the molecule is COc1cncc(-c2c(C#N)c3ccccc3n2C)c1. The van der Waals surface area contributed by atoms with Crippen molar-refractivity contribution in [2.45, 2.75) is 0 Å². The van der Waals surface area contributed by atoms with Crippen molar-refractivity contribution < 1.29 is 4.74 Å². The van der Waals surface area contributed by atoms with Crippen molar-refractivity contribution >= 4 is 10.9 Å². The Bertz CT molecular complexity index is 827. The molecule has 0 unspecified atom stereocenters. The number of methoxy groups -OCH3 is 1. The number of benzene rings is 1. The second kappa shape index (κ2) is 4.71. The number of ether oxygens (including phenoxy) is 1. The Morgan fingerprint density at radius 1 is 1.25 bits per heavy atom. The summed E-state index contributed by atoms with van der Waals surface area (Å²) in [5, 5.41) is 10.5. The number of hydrogen-bond donors (Lipinski definition) is 0. The molecule has 98 valence electrons. The van der Waals surface area contributed by atoms with E-state index in [1.807, 2.05) is 41.9 Å². The van der Waals surface area contributed by atoms with Crippen molar-refractivity contribution in [3.05, 3.63) is 48.3 Å². The number of aryl methyl sites for hydroxylation is 1. The summed E-state index contributed by atoms with van der Waals surface area (Å²) < 4.78 is 7.23. The van der Waals surface area contributed by atoms with Crippen molar-refractivity contribution in [1.29, 1.82) is 5.26 Å². The molecule has 0 radical (unpaired) electrons. The molecule has 20 heavy (non-hydrogen) atoms. The van der Waals surface area contributed by atoms with Gasteiger partial charge in [0.05, 0.1) is 24.6 Å². The van der Waals surface area contributed by atoms with Crippen LogP contribution in [0, 0.1) is 11.3 Å². The Labute approximate surface area is 116 Å². The highest BCUT2D eigenvalue weighted by Gasteiger charge is 2.16. The molecule has 0 bridgehead atoms. The smallest absolute Gasteiger partial charge is 0.137 e. The summed E-state index contributed by atoms with van der Waals surface area (Å²) in [6.07, 6.45) is 3.40. The van der Waals surface area contributed by atoms with Gasteiger partial charge in [0.15, 0.2) is 0 Å². The maximum Gasteiger partial charge on any atom is 0.137 e. The van der Waals surface area contributed by atoms with E-state index in [9.17, 15) is 5.26 Å². The lowest BCUT2D eigenvalue weighted by Gasteiger charge is -2.06. The Morgan fingerprint density at radius 3 is 2.80 bits per heavy atom. The minimum Gasteiger partial charge on any atom is -0.495 e. The fourth-order valence-corrected chi connectivity index (χ4v) is 2.50. The van der Waals surface area contributed by atoms with Gasteiger partial charge < -0.3 is 9.30 Å². The summed E-state index contributed by atoms with van der Waals surface area (Å²) in [5.74, 6) is 0.677. The third-order valence-electron chi connectivity index (χ3n) is 3.44. The Hall–Kier alpha value is -2.80. The zero-order valence-corrected chi connectivity index (χ0v) is 11.3. The molecule has 0 aliphatic heterocycles. The van der Waals surface area contributed by atoms with E-state index in [1.54, 1.807) is 19.5 Å². The molecule has 0 atom stereocenters. The van der Waals surface area contributed by atoms with E-state index < -0.39 is 0 Å². The standard InChI is InChI=1S/C16H13N3O/c1-19-15-6-4-3-5-13(15)14(8-17)16(19)11-7-12(20-2)10-18-9-11/h3-7,9-10H,1-2H3. The van der Waals surface area contributed by atoms with Gasteiger partial charge in [-0.05, 0) is 12.1 Å². The average molecular weight is 263 g/mol. The molecule has 2 aromatic heterocycles. The number of nitrogens with zero attached hydrogens (tertiary/aromatic N) is 3. The lowest BCUT2D eigenvalue weighted by Crippen LogP contribution is -1.94. The van der Waals surface area contributed by atoms with Gasteiger partial charge in [-0.15, -0.1) is 0 Å². The molecule has 0 fully saturated rings. The van der Waals surface area contributed by atoms with Crippen LogP contribution >= 0.6 is 0 Å². The first-order valence-electron chi connectivity index (χ1n) is 6.23. The van der Waals surface area contributed by atoms with Crippen LogP contribution in [0.3, 0.4) is 0 Å². The van der Waals surface area contributed by atoms with Gasteiger partial charge in [0.25, 0.3) is 0 Å². The number of hydrogen-bond acceptors (Lipinski definition) is 3. The van der Waals surface area contributed by atoms with E-state index in [2.05, 4.69) is 11.1 Å². The summed E-state index contributed by atoms with van der Waals surface area (Å²) in [7, 11) is 3.56. The molecular weight excluding hydrogens is 250 g/mol. The normalized spacial score (nSPS) is 10.4. The van der Waals surface area contributed by atoms with Crippen LogP contribution < -0.4 is 4.74 Å². The molecule has 0 N–H and O–H groups in total. The maximum absolute atomic E-state index is 9.50. The highest BCUT2D eigenvalue weighted by molar-refractivity contribution is 5.94. The number of para-hydroxylation sites is 1. The molecule has 4 nitrogen and oxygen atoms in total. The van der Waals surface area contributed by atoms with Crippen molar-refractivity contribution in [1.82, 2.24) is 9.55 Å². The summed E-state index contributed by atoms with van der Waals surface area (Å²) >= 11 is 0. The van der Waals surface area contributed by atoms with E-state index in [0.29, 0.717) is 11.3 Å². The minimum absolute atomic E-state index is 0.665. The molecule has 0 aliphatic rings. The Morgan fingerprint density at radius 2 is 2.05 bits per heavy atom. The molecule has 3 rings (SSSR count). The fourth-order valence-electron chi connectivity index (χ4n) is 2.50. The number of rotatable bonds is 2. The van der Waals surface area contributed by atoms with Crippen LogP contribution in [0.5, 0.6) is 5.75 Å². The fraction of sp³-hybridized carbons (Fsp3) is 0.125. The highest BCUT2D eigenvalue weighted by atomic mass is 16.5. The first-order valence-corrected chi connectivity index (χ1v) is 6.23. The monoisotopic (exact) mass is 263 g/mol. The average Bonchev–Trinajstić information content (AvgIpc) is 2.80. The van der Waals surface area contributed by atoms with Gasteiger partial charge in [0.1, 0.15) is 11.8 Å². The number of nitriles is 1. The molecule has 0 aliphatic carbocycles. The van der Waals surface area contributed by atoms with Crippen LogP contribution in [0.15, 0.2) is 42.7 Å². The summed E-state index contributed by atoms with van der Waals surface area (Å²) in [5.41, 5.74) is 3.43. The summed E-state index contributed by atoms with van der Waals surface area (Å²) in [6, 6.07) is 12.1. The highest BCUT2D eigenvalue weighted by Crippen LogP contribution is 2.33. The molecule has 0 spiro atoms. The van der Waals surface area contributed by atoms with E-state index in [0.717, 1.165) is 22.2 Å². The summed E-state index contributed by atoms with van der Waals surface area (Å²) in [4.78, 5) is 4.17. The third-order valence-corrected chi connectivity index (χ3v) is 3.44. The van der Waals surface area contributed by atoms with Gasteiger partial charge in [-0.1, -0.05) is 18.2 Å². The van der Waals surface area contributed by atoms with Gasteiger partial charge in [-0.25, -0.2) is 0 Å². The lowest BCUT2D eigenvalue weighted by atomic mass is 10.1. The van der Waals surface area contributed by atoms with E-state index >= 15 is 0 Å². The predicted octanol–water partition coefficient (Wildman–Crippen LogP) is 3.12. The number of pyridine rings is 1. The van der Waals surface area contributed by atoms with Crippen LogP contribution in [0.25, 0.3) is 22.2 Å². The van der Waals surface area contributed by atoms with Crippen LogP contribution in [0.4, 0.5) is 0 Å². The molecule has 1 aromatic carbocycles. The second-order valence-corrected chi connectivity index (χ2v) is 4.53. The molecule has 0 saturated carbocycles. The van der Waals surface area contributed by atoms with Gasteiger partial charge in [-0.3, -0.25) is 4.98 Å². The zero-order chi connectivity index (χ0) is 14.1. The number of aromatic nitrogens is 2. The molecule has 2 heterocycles. The predicted molar refractivity (Wildman–Crippen MR) is 77.4 cm³/mol. The second-order valence-electron chi connectivity index (χ2n) is 4.53. The largest absolute Gasteiger partial charge is 0.495 e. The quantitative estimate of drug-likeness (QED) is 0.713. The number of fused-ring (bicyclic) bond motifs is 1. The van der Waals surface area contributed by atoms with Crippen LogP contribution in [-0.2, 0) is 7.05 Å². The van der Waals surface area contributed by atoms with Crippen molar-refractivity contribution in [3.8, 4) is 23.1 Å². The minimum atomic E-state index is 0.665. The molecule has 0 amide bonds. The zero-order valence-electron chi connectivity index (χ0n) is 11.3. The first-order chi connectivity index (χ1) is 9.76. The molecule has 4 heteroatoms. The lowest BCUT2D eigenvalue weighted by molar-refractivity contribution is 0.413. The van der Waals surface area contributed by atoms with Crippen molar-refractivity contribution in [2.24, 2.45) is 7.05 Å². The topological polar surface area (TPSA) is 50.8 Å². The molecular formula is C16H13N3O. The van der Waals surface area contributed by atoms with Crippen LogP contribution in [0.2, 0.25) is 0 Å². The van der Waals surface area contributed by atoms with Crippen molar-refractivity contribution in [3.63, 3.8) is 0 Å². The van der Waals surface area contributed by atoms with Gasteiger partial charge in [0.2, 0.25) is 0 Å². The van der Waals surface area contributed by atoms with Crippen LogP contribution in [0.1, 0.15) is 5.56 Å². The first kappa shape index (κ1) is 12.2. The Balaban J connectivity index is 2.36. The van der Waals surface area contributed by atoms with Gasteiger partial charge in [0, 0.05) is 29.7 Å². The maximum atomic E-state index is 9.50. The van der Waals surface area contributed by atoms with Gasteiger partial charge >= 0.3 is 0 Å². The van der Waals surface area contributed by atoms with E-state index in [1.165, 1.54) is 0 Å². The van der Waals surface area contributed by atoms with Gasteiger partial charge in [-0.2, -0.15) is 5.26 Å². The van der Waals surface area contributed by atoms with E-state index in [-0.39, 0.29) is 0 Å². The Kier molecular flexibility index (Phi) is 2.88. The van der Waals surface area contributed by atoms with Crippen LogP contribution in [-0.4, -0.2) is 16.7 Å². The van der Waals surface area contributed by atoms with Crippen molar-refractivity contribution in [2.75, 3.05) is 7.11 Å².